The average molecular weight is 504 g/mol. The zero-order valence-corrected chi connectivity index (χ0v) is 22.2. The molecule has 1 aromatic heterocycles. The summed E-state index contributed by atoms with van der Waals surface area (Å²) in [6, 6.07) is 18.5. The summed E-state index contributed by atoms with van der Waals surface area (Å²) < 4.78 is 41.3. The third kappa shape index (κ3) is 8.11. The van der Waals surface area contributed by atoms with Crippen LogP contribution in [0.15, 0.2) is 72.9 Å². The second kappa shape index (κ2) is 13.9. The monoisotopic (exact) mass is 504 g/mol. The van der Waals surface area contributed by atoms with E-state index in [1.165, 1.54) is 12.1 Å². The van der Waals surface area contributed by atoms with E-state index in [1.807, 2.05) is 19.2 Å². The molecule has 0 saturated carbocycles. The number of aryl methyl sites for hydroxylation is 1. The highest BCUT2D eigenvalue weighted by Gasteiger charge is 2.24. The van der Waals surface area contributed by atoms with E-state index in [0.717, 1.165) is 48.2 Å². The van der Waals surface area contributed by atoms with E-state index in [-0.39, 0.29) is 24.2 Å². The number of aromatic nitrogens is 2. The number of benzene rings is 3. The van der Waals surface area contributed by atoms with Gasteiger partial charge in [0.25, 0.3) is 0 Å². The first kappa shape index (κ1) is 28.3. The highest BCUT2D eigenvalue weighted by molar-refractivity contribution is 6.85. The van der Waals surface area contributed by atoms with Gasteiger partial charge in [-0.05, 0) is 58.7 Å². The van der Waals surface area contributed by atoms with Crippen molar-refractivity contribution in [3.63, 3.8) is 0 Å². The van der Waals surface area contributed by atoms with Crippen LogP contribution in [-0.2, 0) is 12.8 Å². The van der Waals surface area contributed by atoms with Crippen LogP contribution in [0.1, 0.15) is 69.1 Å². The molecule has 0 saturated heterocycles. The summed E-state index contributed by atoms with van der Waals surface area (Å²) in [7, 11) is 0. The Morgan fingerprint density at radius 1 is 0.838 bits per heavy atom. The van der Waals surface area contributed by atoms with Crippen molar-refractivity contribution in [2.45, 2.75) is 65.6 Å². The fourth-order valence-electron chi connectivity index (χ4n) is 4.38. The van der Waals surface area contributed by atoms with Gasteiger partial charge in [-0.1, -0.05) is 89.3 Å². The first-order valence-electron chi connectivity index (χ1n) is 13.1. The number of unbranched alkanes of at least 4 members (excludes halogenated alkanes) is 1. The first-order chi connectivity index (χ1) is 17.8. The van der Waals surface area contributed by atoms with Crippen LogP contribution in [0.25, 0.3) is 0 Å². The van der Waals surface area contributed by atoms with Crippen molar-refractivity contribution in [1.82, 2.24) is 9.97 Å². The van der Waals surface area contributed by atoms with Crippen molar-refractivity contribution in [3.05, 3.63) is 113 Å². The number of imidazole rings is 1. The standard InChI is InChI=1S/C16H17BF2.C15H19FN2/c1-2-3-12-17(13-8-4-6-10-15(13)18)14-9-5-7-11-16(14)19;1-4-11-5-12(7-13(16)6-11)8-15-17-9-14(18-15)10(2)3/h4-11H,2-3,12H2,1H3;5-7,9-10H,4,8H2,1-3H3,(H,17,18). The summed E-state index contributed by atoms with van der Waals surface area (Å²) in [5.74, 6) is 0.648. The Bertz CT molecular complexity index is 1220. The molecule has 37 heavy (non-hydrogen) atoms. The first-order valence-corrected chi connectivity index (χ1v) is 13.1. The van der Waals surface area contributed by atoms with Gasteiger partial charge in [0.05, 0.1) is 0 Å². The molecule has 0 spiro atoms. The Hall–Kier alpha value is -3.28. The topological polar surface area (TPSA) is 28.7 Å². The Balaban J connectivity index is 0.000000206. The van der Waals surface area contributed by atoms with E-state index in [9.17, 15) is 13.2 Å². The Morgan fingerprint density at radius 2 is 1.43 bits per heavy atom. The van der Waals surface area contributed by atoms with Crippen LogP contribution in [0.4, 0.5) is 13.2 Å². The number of H-pyrrole nitrogens is 1. The second-order valence-corrected chi connectivity index (χ2v) is 9.68. The van der Waals surface area contributed by atoms with Crippen LogP contribution in [-0.4, -0.2) is 16.7 Å². The minimum atomic E-state index is -0.258. The molecule has 4 rings (SSSR count). The number of hydrogen-bond acceptors (Lipinski definition) is 1. The molecule has 0 amide bonds. The number of hydrogen-bond donors (Lipinski definition) is 1. The molecule has 194 valence electrons. The lowest BCUT2D eigenvalue weighted by atomic mass is 9.38. The Labute approximate surface area is 219 Å². The molecule has 0 aliphatic rings. The van der Waals surface area contributed by atoms with E-state index in [1.54, 1.807) is 48.5 Å². The number of nitrogens with zero attached hydrogens (tertiary/aromatic N) is 1. The fourth-order valence-corrected chi connectivity index (χ4v) is 4.38. The van der Waals surface area contributed by atoms with Crippen LogP contribution in [0.5, 0.6) is 0 Å². The summed E-state index contributed by atoms with van der Waals surface area (Å²) in [5, 5.41) is 0. The van der Waals surface area contributed by atoms with Crippen molar-refractivity contribution in [2.75, 3.05) is 0 Å². The molecule has 0 radical (unpaired) electrons. The second-order valence-electron chi connectivity index (χ2n) is 9.68. The quantitative estimate of drug-likeness (QED) is 0.240. The van der Waals surface area contributed by atoms with Gasteiger partial charge in [0.15, 0.2) is 0 Å². The van der Waals surface area contributed by atoms with E-state index >= 15 is 0 Å². The molecule has 6 heteroatoms. The predicted molar refractivity (Wildman–Crippen MR) is 149 cm³/mol. The summed E-state index contributed by atoms with van der Waals surface area (Å²) >= 11 is 0. The summed E-state index contributed by atoms with van der Waals surface area (Å²) in [5.41, 5.74) is 4.29. The molecule has 0 bridgehead atoms. The predicted octanol–water partition coefficient (Wildman–Crippen LogP) is 7.20. The van der Waals surface area contributed by atoms with Gasteiger partial charge in [-0.3, -0.25) is 0 Å². The largest absolute Gasteiger partial charge is 0.345 e. The van der Waals surface area contributed by atoms with Gasteiger partial charge in [-0.2, -0.15) is 0 Å². The number of rotatable bonds is 9. The molecule has 1 heterocycles. The van der Waals surface area contributed by atoms with Gasteiger partial charge >= 0.3 is 0 Å². The maximum Gasteiger partial charge on any atom is 0.216 e. The third-order valence-corrected chi connectivity index (χ3v) is 6.47. The average Bonchev–Trinajstić information content (AvgIpc) is 3.35. The van der Waals surface area contributed by atoms with Crippen molar-refractivity contribution in [3.8, 4) is 0 Å². The Morgan fingerprint density at radius 3 is 1.95 bits per heavy atom. The van der Waals surface area contributed by atoms with Gasteiger partial charge < -0.3 is 4.98 Å². The lowest BCUT2D eigenvalue weighted by molar-refractivity contribution is 0.623. The molecule has 3 aromatic carbocycles. The van der Waals surface area contributed by atoms with E-state index in [2.05, 4.69) is 30.7 Å². The van der Waals surface area contributed by atoms with Gasteiger partial charge in [0.2, 0.25) is 6.71 Å². The molecule has 0 unspecified atom stereocenters. The number of aromatic amines is 1. The SMILES string of the molecule is CCCCB(c1ccccc1F)c1ccccc1F.CCc1cc(F)cc(Cc2ncc(C(C)C)[nH]2)c1. The molecular weight excluding hydrogens is 468 g/mol. The maximum atomic E-state index is 14.0. The van der Waals surface area contributed by atoms with E-state index in [0.29, 0.717) is 23.3 Å². The van der Waals surface area contributed by atoms with Crippen molar-refractivity contribution >= 4 is 17.6 Å². The maximum absolute atomic E-state index is 14.0. The molecular formula is C31H36BF3N2. The summed E-state index contributed by atoms with van der Waals surface area (Å²) in [6.07, 6.45) is 6.09. The zero-order valence-electron chi connectivity index (χ0n) is 22.2. The fraction of sp³-hybridized carbons (Fsp3) is 0.323. The summed E-state index contributed by atoms with van der Waals surface area (Å²) in [6.45, 7) is 8.15. The number of halogens is 3. The van der Waals surface area contributed by atoms with Crippen LogP contribution >= 0.6 is 0 Å². The highest BCUT2D eigenvalue weighted by Crippen LogP contribution is 2.16. The smallest absolute Gasteiger partial charge is 0.216 e. The van der Waals surface area contributed by atoms with Crippen LogP contribution in [0, 0.1) is 17.5 Å². The third-order valence-electron chi connectivity index (χ3n) is 6.47. The van der Waals surface area contributed by atoms with E-state index in [4.69, 9.17) is 0 Å². The molecule has 4 aromatic rings. The molecule has 1 N–H and O–H groups in total. The summed E-state index contributed by atoms with van der Waals surface area (Å²) in [4.78, 5) is 7.62. The zero-order chi connectivity index (χ0) is 26.8. The Kier molecular flexibility index (Phi) is 10.6. The van der Waals surface area contributed by atoms with E-state index < -0.39 is 0 Å². The lowest BCUT2D eigenvalue weighted by Crippen LogP contribution is -2.45. The molecule has 0 aliphatic carbocycles. The molecule has 2 nitrogen and oxygen atoms in total. The van der Waals surface area contributed by atoms with Gasteiger partial charge in [-0.15, -0.1) is 0 Å². The molecule has 0 aliphatic heterocycles. The minimum absolute atomic E-state index is 0.167. The van der Waals surface area contributed by atoms with Crippen molar-refractivity contribution < 1.29 is 13.2 Å². The van der Waals surface area contributed by atoms with Crippen LogP contribution in [0.3, 0.4) is 0 Å². The lowest BCUT2D eigenvalue weighted by Gasteiger charge is -2.15. The number of nitrogens with one attached hydrogen (secondary N) is 1. The minimum Gasteiger partial charge on any atom is -0.345 e. The highest BCUT2D eigenvalue weighted by atomic mass is 19.1. The normalized spacial score (nSPS) is 10.8. The molecule has 0 fully saturated rings. The van der Waals surface area contributed by atoms with Crippen LogP contribution < -0.4 is 10.9 Å². The van der Waals surface area contributed by atoms with Gasteiger partial charge in [0, 0.05) is 18.3 Å². The van der Waals surface area contributed by atoms with Gasteiger partial charge in [0.1, 0.15) is 23.3 Å². The van der Waals surface area contributed by atoms with Crippen molar-refractivity contribution in [1.29, 1.82) is 0 Å². The van der Waals surface area contributed by atoms with Crippen molar-refractivity contribution in [2.24, 2.45) is 0 Å². The van der Waals surface area contributed by atoms with Crippen LogP contribution in [0.2, 0.25) is 6.32 Å². The molecule has 0 atom stereocenters. The van der Waals surface area contributed by atoms with Gasteiger partial charge in [-0.25, -0.2) is 18.2 Å².